The van der Waals surface area contributed by atoms with Crippen molar-refractivity contribution in [1.82, 2.24) is 0 Å². The van der Waals surface area contributed by atoms with E-state index in [0.29, 0.717) is 13.2 Å². The van der Waals surface area contributed by atoms with E-state index in [4.69, 9.17) is 10.5 Å². The summed E-state index contributed by atoms with van der Waals surface area (Å²) in [4.78, 5) is 0. The van der Waals surface area contributed by atoms with E-state index in [2.05, 4.69) is 0 Å². The minimum absolute atomic E-state index is 0.102. The zero-order valence-electron chi connectivity index (χ0n) is 9.63. The second-order valence-electron chi connectivity index (χ2n) is 4.59. The maximum absolute atomic E-state index is 14.0. The highest BCUT2D eigenvalue weighted by Gasteiger charge is 2.39. The van der Waals surface area contributed by atoms with Crippen LogP contribution >= 0.6 is 0 Å². The fraction of sp³-hybridized carbons (Fsp3) is 0.538. The van der Waals surface area contributed by atoms with Gasteiger partial charge in [-0.1, -0.05) is 18.6 Å². The van der Waals surface area contributed by atoms with Crippen molar-refractivity contribution in [3.8, 4) is 0 Å². The fourth-order valence-electron chi connectivity index (χ4n) is 2.43. The maximum atomic E-state index is 14.0. The van der Waals surface area contributed by atoms with Crippen LogP contribution in [-0.4, -0.2) is 13.7 Å². The molecular weight excluding hydrogens is 205 g/mol. The van der Waals surface area contributed by atoms with Crippen molar-refractivity contribution < 1.29 is 9.13 Å². The molecule has 0 heterocycles. The van der Waals surface area contributed by atoms with Gasteiger partial charge in [-0.3, -0.25) is 0 Å². The first-order chi connectivity index (χ1) is 7.72. The molecule has 2 N–H and O–H groups in total. The number of methoxy groups -OCH3 is 1. The molecule has 0 unspecified atom stereocenters. The van der Waals surface area contributed by atoms with Crippen LogP contribution in [0.15, 0.2) is 18.2 Å². The number of halogens is 1. The molecule has 1 aliphatic carbocycles. The smallest absolute Gasteiger partial charge is 0.127 e. The largest absolute Gasteiger partial charge is 0.380 e. The number of ether oxygens (including phenoxy) is 1. The van der Waals surface area contributed by atoms with Crippen LogP contribution in [0.5, 0.6) is 0 Å². The number of rotatable bonds is 4. The Morgan fingerprint density at radius 3 is 2.62 bits per heavy atom. The average molecular weight is 223 g/mol. The van der Waals surface area contributed by atoms with Gasteiger partial charge in [-0.2, -0.15) is 0 Å². The van der Waals surface area contributed by atoms with Crippen LogP contribution in [-0.2, 0) is 16.8 Å². The van der Waals surface area contributed by atoms with Gasteiger partial charge < -0.3 is 10.5 Å². The topological polar surface area (TPSA) is 35.2 Å². The highest BCUT2D eigenvalue weighted by atomic mass is 19.1. The van der Waals surface area contributed by atoms with E-state index in [1.54, 1.807) is 13.2 Å². The Morgan fingerprint density at radius 1 is 1.44 bits per heavy atom. The van der Waals surface area contributed by atoms with E-state index in [-0.39, 0.29) is 11.2 Å². The second-order valence-corrected chi connectivity index (χ2v) is 4.59. The summed E-state index contributed by atoms with van der Waals surface area (Å²) >= 11 is 0. The summed E-state index contributed by atoms with van der Waals surface area (Å²) in [5, 5.41) is 0. The van der Waals surface area contributed by atoms with Crippen LogP contribution < -0.4 is 5.73 Å². The third-order valence-corrected chi connectivity index (χ3v) is 3.62. The van der Waals surface area contributed by atoms with Crippen LogP contribution in [0.1, 0.15) is 30.4 Å². The minimum atomic E-state index is -0.139. The van der Waals surface area contributed by atoms with E-state index in [1.807, 2.05) is 12.1 Å². The summed E-state index contributed by atoms with van der Waals surface area (Å²) in [5.41, 5.74) is 7.32. The molecule has 0 saturated heterocycles. The molecule has 0 bridgehead atoms. The van der Waals surface area contributed by atoms with Gasteiger partial charge in [0.25, 0.3) is 0 Å². The lowest BCUT2D eigenvalue weighted by atomic mass is 9.64. The molecule has 1 fully saturated rings. The minimum Gasteiger partial charge on any atom is -0.380 e. The van der Waals surface area contributed by atoms with Crippen molar-refractivity contribution in [1.29, 1.82) is 0 Å². The van der Waals surface area contributed by atoms with Crippen LogP contribution in [0.25, 0.3) is 0 Å². The van der Waals surface area contributed by atoms with E-state index < -0.39 is 0 Å². The van der Waals surface area contributed by atoms with E-state index in [9.17, 15) is 4.39 Å². The van der Waals surface area contributed by atoms with E-state index in [1.165, 1.54) is 0 Å². The SMILES string of the molecule is COCc1ccc(C2(CN)CCC2)c(F)c1. The van der Waals surface area contributed by atoms with Gasteiger partial charge in [0.15, 0.2) is 0 Å². The first-order valence-corrected chi connectivity index (χ1v) is 5.70. The zero-order chi connectivity index (χ0) is 11.6. The van der Waals surface area contributed by atoms with Gasteiger partial charge in [-0.05, 0) is 30.0 Å². The number of benzene rings is 1. The Labute approximate surface area is 95.6 Å². The summed E-state index contributed by atoms with van der Waals surface area (Å²) < 4.78 is 18.9. The first kappa shape index (κ1) is 11.6. The summed E-state index contributed by atoms with van der Waals surface area (Å²) in [6.45, 7) is 0.986. The molecule has 0 aliphatic heterocycles. The quantitative estimate of drug-likeness (QED) is 0.850. The molecule has 0 spiro atoms. The Morgan fingerprint density at radius 2 is 2.19 bits per heavy atom. The average Bonchev–Trinajstić information content (AvgIpc) is 2.20. The molecule has 1 aromatic rings. The van der Waals surface area contributed by atoms with Crippen LogP contribution in [0, 0.1) is 5.82 Å². The lowest BCUT2D eigenvalue weighted by Gasteiger charge is -2.41. The maximum Gasteiger partial charge on any atom is 0.127 e. The Balaban J connectivity index is 2.28. The molecular formula is C13H18FNO. The van der Waals surface area contributed by atoms with Crippen molar-refractivity contribution in [3.63, 3.8) is 0 Å². The summed E-state index contributed by atoms with van der Waals surface area (Å²) in [6, 6.07) is 5.36. The molecule has 88 valence electrons. The second kappa shape index (κ2) is 4.52. The summed E-state index contributed by atoms with van der Waals surface area (Å²) in [6.07, 6.45) is 3.16. The van der Waals surface area contributed by atoms with Crippen molar-refractivity contribution in [3.05, 3.63) is 35.1 Å². The monoisotopic (exact) mass is 223 g/mol. The lowest BCUT2D eigenvalue weighted by Crippen LogP contribution is -2.42. The third kappa shape index (κ3) is 1.85. The molecule has 3 heteroatoms. The summed E-state index contributed by atoms with van der Waals surface area (Å²) in [7, 11) is 1.61. The van der Waals surface area contributed by atoms with Crippen molar-refractivity contribution in [2.24, 2.45) is 5.73 Å². The molecule has 0 aromatic heterocycles. The molecule has 0 radical (unpaired) electrons. The van der Waals surface area contributed by atoms with Crippen molar-refractivity contribution in [2.75, 3.05) is 13.7 Å². The van der Waals surface area contributed by atoms with Gasteiger partial charge in [0.05, 0.1) is 6.61 Å². The summed E-state index contributed by atoms with van der Waals surface area (Å²) in [5.74, 6) is -0.139. The third-order valence-electron chi connectivity index (χ3n) is 3.62. The van der Waals surface area contributed by atoms with E-state index >= 15 is 0 Å². The Bertz CT molecular complexity index is 369. The fourth-order valence-corrected chi connectivity index (χ4v) is 2.43. The van der Waals surface area contributed by atoms with Crippen LogP contribution in [0.3, 0.4) is 0 Å². The van der Waals surface area contributed by atoms with Crippen molar-refractivity contribution in [2.45, 2.75) is 31.3 Å². The standard InChI is InChI=1S/C13H18FNO/c1-16-8-10-3-4-11(12(14)7-10)13(9-15)5-2-6-13/h3-4,7H,2,5-6,8-9,15H2,1H3. The zero-order valence-corrected chi connectivity index (χ0v) is 9.63. The molecule has 16 heavy (non-hydrogen) atoms. The van der Waals surface area contributed by atoms with Gasteiger partial charge >= 0.3 is 0 Å². The predicted molar refractivity (Wildman–Crippen MR) is 61.7 cm³/mol. The van der Waals surface area contributed by atoms with Crippen LogP contribution in [0.4, 0.5) is 4.39 Å². The Kier molecular flexibility index (Phi) is 3.26. The molecule has 2 rings (SSSR count). The van der Waals surface area contributed by atoms with Crippen LogP contribution in [0.2, 0.25) is 0 Å². The molecule has 0 atom stereocenters. The van der Waals surface area contributed by atoms with Gasteiger partial charge in [0.2, 0.25) is 0 Å². The number of hydrogen-bond donors (Lipinski definition) is 1. The molecule has 1 aliphatic rings. The lowest BCUT2D eigenvalue weighted by molar-refractivity contribution is 0.184. The van der Waals surface area contributed by atoms with Gasteiger partial charge in [-0.15, -0.1) is 0 Å². The number of nitrogens with two attached hydrogens (primary N) is 1. The normalized spacial score (nSPS) is 18.2. The highest BCUT2D eigenvalue weighted by molar-refractivity contribution is 5.33. The van der Waals surface area contributed by atoms with Gasteiger partial charge in [-0.25, -0.2) is 4.39 Å². The number of hydrogen-bond acceptors (Lipinski definition) is 2. The van der Waals surface area contributed by atoms with E-state index in [0.717, 1.165) is 30.4 Å². The molecule has 1 saturated carbocycles. The van der Waals surface area contributed by atoms with Gasteiger partial charge in [0, 0.05) is 19.1 Å². The molecule has 2 nitrogen and oxygen atoms in total. The Hall–Kier alpha value is -0.930. The predicted octanol–water partition coefficient (Wildman–Crippen LogP) is 2.35. The molecule has 0 amide bonds. The van der Waals surface area contributed by atoms with Crippen molar-refractivity contribution >= 4 is 0 Å². The molecule has 1 aromatic carbocycles. The highest BCUT2D eigenvalue weighted by Crippen LogP contribution is 2.43. The van der Waals surface area contributed by atoms with Gasteiger partial charge in [0.1, 0.15) is 5.82 Å². The first-order valence-electron chi connectivity index (χ1n) is 5.70.